The molecule has 0 aliphatic heterocycles. The summed E-state index contributed by atoms with van der Waals surface area (Å²) in [4.78, 5) is 12.5. The molecule has 2 aromatic carbocycles. The van der Waals surface area contributed by atoms with Crippen molar-refractivity contribution in [2.75, 3.05) is 7.11 Å². The van der Waals surface area contributed by atoms with Gasteiger partial charge in [0.05, 0.1) is 7.11 Å². The van der Waals surface area contributed by atoms with Crippen molar-refractivity contribution in [2.45, 2.75) is 0 Å². The topological polar surface area (TPSA) is 100 Å². The average molecular weight is 388 g/mol. The van der Waals surface area contributed by atoms with Crippen LogP contribution < -0.4 is 10.2 Å². The number of phenolic OH excluding ortho intramolecular Hbond substituents is 3. The fraction of sp³-hybridized carbons (Fsp3) is 0.0625. The summed E-state index contributed by atoms with van der Waals surface area (Å²) in [6.07, 6.45) is 0. The molecule has 0 saturated heterocycles. The smallest absolute Gasteiger partial charge is 0.237 e. The van der Waals surface area contributed by atoms with E-state index in [1.165, 1.54) is 31.4 Å². The fourth-order valence-electron chi connectivity index (χ4n) is 2.20. The van der Waals surface area contributed by atoms with Crippen molar-refractivity contribution in [1.29, 1.82) is 0 Å². The maximum Gasteiger partial charge on any atom is 0.237 e. The van der Waals surface area contributed by atoms with Gasteiger partial charge in [0.2, 0.25) is 5.43 Å². The molecule has 0 amide bonds. The molecule has 0 atom stereocenters. The number of methoxy groups -OCH3 is 1. The third-order valence-electron chi connectivity index (χ3n) is 3.18. The molecular formula is C16H11O6Y-. The molecular weight excluding hydrogens is 377 g/mol. The molecule has 7 heteroatoms. The minimum atomic E-state index is -0.565. The first kappa shape index (κ1) is 17.3. The van der Waals surface area contributed by atoms with Crippen LogP contribution in [-0.2, 0) is 32.7 Å². The molecule has 0 unspecified atom stereocenters. The maximum atomic E-state index is 12.5. The molecule has 0 aliphatic rings. The fourth-order valence-corrected chi connectivity index (χ4v) is 2.20. The van der Waals surface area contributed by atoms with Crippen LogP contribution in [0.15, 0.2) is 39.5 Å². The van der Waals surface area contributed by atoms with E-state index in [0.29, 0.717) is 5.56 Å². The van der Waals surface area contributed by atoms with Gasteiger partial charge >= 0.3 is 0 Å². The van der Waals surface area contributed by atoms with Gasteiger partial charge in [0.1, 0.15) is 28.2 Å². The Morgan fingerprint density at radius 2 is 1.91 bits per heavy atom. The van der Waals surface area contributed by atoms with Crippen LogP contribution in [-0.4, -0.2) is 22.4 Å². The van der Waals surface area contributed by atoms with Gasteiger partial charge < -0.3 is 24.5 Å². The Labute approximate surface area is 155 Å². The van der Waals surface area contributed by atoms with Gasteiger partial charge in [0, 0.05) is 50.6 Å². The van der Waals surface area contributed by atoms with Crippen LogP contribution in [0.5, 0.6) is 23.0 Å². The number of ether oxygens (including phenoxy) is 1. The van der Waals surface area contributed by atoms with Crippen LogP contribution in [0.2, 0.25) is 0 Å². The Balaban J connectivity index is 0.00000192. The van der Waals surface area contributed by atoms with E-state index in [2.05, 4.69) is 6.07 Å². The Bertz CT molecular complexity index is 914. The SMILES string of the molecule is COc1c(-c2c[c-]c(O)cc2)oc2cc(O)cc(O)c2c1=O.[Y]. The van der Waals surface area contributed by atoms with Gasteiger partial charge in [-0.3, -0.25) is 4.79 Å². The molecule has 3 aromatic rings. The number of hydrogen-bond acceptors (Lipinski definition) is 6. The summed E-state index contributed by atoms with van der Waals surface area (Å²) in [7, 11) is 1.31. The van der Waals surface area contributed by atoms with Crippen molar-refractivity contribution in [2.24, 2.45) is 0 Å². The first-order valence-electron chi connectivity index (χ1n) is 6.29. The number of hydrogen-bond donors (Lipinski definition) is 3. The van der Waals surface area contributed by atoms with Gasteiger partial charge in [0.25, 0.3) is 0 Å². The molecule has 0 saturated carbocycles. The molecule has 23 heavy (non-hydrogen) atoms. The standard InChI is InChI=1S/C16H11O6.Y/c1-21-16-14(20)13-11(19)6-10(18)7-12(13)22-15(16)8-2-4-9(17)5-3-8;/h2-4,6-7,17-19H,1H3;/q-1;. The Kier molecular flexibility index (Phi) is 4.97. The quantitative estimate of drug-likeness (QED) is 0.583. The molecule has 0 fully saturated rings. The monoisotopic (exact) mass is 388 g/mol. The average Bonchev–Trinajstić information content (AvgIpc) is 2.47. The molecule has 1 aromatic heterocycles. The summed E-state index contributed by atoms with van der Waals surface area (Å²) in [6, 6.07) is 9.20. The Morgan fingerprint density at radius 3 is 2.52 bits per heavy atom. The van der Waals surface area contributed by atoms with Crippen LogP contribution in [0.4, 0.5) is 0 Å². The third-order valence-corrected chi connectivity index (χ3v) is 3.18. The molecule has 0 aliphatic carbocycles. The summed E-state index contributed by atoms with van der Waals surface area (Å²) in [6.45, 7) is 0. The van der Waals surface area contributed by atoms with E-state index in [4.69, 9.17) is 9.15 Å². The largest absolute Gasteiger partial charge is 0.534 e. The predicted octanol–water partition coefficient (Wildman–Crippen LogP) is 2.38. The summed E-state index contributed by atoms with van der Waals surface area (Å²) < 4.78 is 10.7. The van der Waals surface area contributed by atoms with Crippen LogP contribution in [0, 0.1) is 6.07 Å². The maximum absolute atomic E-state index is 12.5. The molecule has 0 bridgehead atoms. The molecule has 115 valence electrons. The first-order chi connectivity index (χ1) is 10.5. The molecule has 1 radical (unpaired) electrons. The van der Waals surface area contributed by atoms with E-state index < -0.39 is 11.2 Å². The van der Waals surface area contributed by atoms with E-state index in [-0.39, 0.29) is 66.7 Å². The molecule has 1 heterocycles. The van der Waals surface area contributed by atoms with Crippen LogP contribution in [0.1, 0.15) is 0 Å². The second-order valence-corrected chi connectivity index (χ2v) is 4.59. The predicted molar refractivity (Wildman–Crippen MR) is 78.3 cm³/mol. The summed E-state index contributed by atoms with van der Waals surface area (Å²) in [5.41, 5.74) is -0.0906. The van der Waals surface area contributed by atoms with Crippen molar-refractivity contribution in [3.05, 3.63) is 46.6 Å². The van der Waals surface area contributed by atoms with Gasteiger partial charge in [-0.1, -0.05) is 5.56 Å². The van der Waals surface area contributed by atoms with Gasteiger partial charge in [0.15, 0.2) is 5.75 Å². The zero-order chi connectivity index (χ0) is 15.9. The van der Waals surface area contributed by atoms with Crippen molar-refractivity contribution in [3.63, 3.8) is 0 Å². The number of phenols is 3. The van der Waals surface area contributed by atoms with Crippen LogP contribution in [0.3, 0.4) is 0 Å². The van der Waals surface area contributed by atoms with E-state index in [0.717, 1.165) is 6.07 Å². The summed E-state index contributed by atoms with van der Waals surface area (Å²) in [5, 5.41) is 28.6. The second kappa shape index (κ2) is 6.60. The van der Waals surface area contributed by atoms with E-state index in [1.54, 1.807) is 0 Å². The van der Waals surface area contributed by atoms with Crippen LogP contribution >= 0.6 is 0 Å². The van der Waals surface area contributed by atoms with Gasteiger partial charge in [-0.15, -0.1) is 12.1 Å². The van der Waals surface area contributed by atoms with E-state index in [9.17, 15) is 20.1 Å². The zero-order valence-electron chi connectivity index (χ0n) is 12.0. The number of rotatable bonds is 2. The van der Waals surface area contributed by atoms with Crippen LogP contribution in [0.25, 0.3) is 22.3 Å². The minimum Gasteiger partial charge on any atom is -0.534 e. The molecule has 6 nitrogen and oxygen atoms in total. The number of fused-ring (bicyclic) bond motifs is 1. The van der Waals surface area contributed by atoms with Gasteiger partial charge in [-0.2, -0.15) is 12.1 Å². The van der Waals surface area contributed by atoms with Crippen molar-refractivity contribution < 1.29 is 57.2 Å². The van der Waals surface area contributed by atoms with Crippen molar-refractivity contribution in [3.8, 4) is 34.3 Å². The molecule has 3 rings (SSSR count). The van der Waals surface area contributed by atoms with Gasteiger partial charge in [-0.25, -0.2) is 0 Å². The molecule has 3 N–H and O–H groups in total. The Morgan fingerprint density at radius 1 is 1.17 bits per heavy atom. The van der Waals surface area contributed by atoms with Crippen molar-refractivity contribution in [1.82, 2.24) is 0 Å². The minimum absolute atomic E-state index is 0. The van der Waals surface area contributed by atoms with E-state index in [1.807, 2.05) is 0 Å². The Hall–Kier alpha value is -2.05. The first-order valence-corrected chi connectivity index (χ1v) is 6.29. The third kappa shape index (κ3) is 3.05. The zero-order valence-corrected chi connectivity index (χ0v) is 14.9. The molecule has 0 spiro atoms. The normalized spacial score (nSPS) is 10.3. The number of benzene rings is 2. The second-order valence-electron chi connectivity index (χ2n) is 4.59. The summed E-state index contributed by atoms with van der Waals surface area (Å²) in [5.74, 6) is -0.664. The van der Waals surface area contributed by atoms with E-state index >= 15 is 0 Å². The summed E-state index contributed by atoms with van der Waals surface area (Å²) >= 11 is 0. The van der Waals surface area contributed by atoms with Gasteiger partial charge in [-0.05, 0) is 0 Å². The number of aromatic hydroxyl groups is 3. The van der Waals surface area contributed by atoms with Crippen molar-refractivity contribution >= 4 is 11.0 Å².